The molecule has 0 atom stereocenters. The SMILES string of the molecule is O=C(CCSc1cc(Cl)c(O)c(Cl)c1)N1CC2CCC(CC2)C1. The smallest absolute Gasteiger partial charge is 0.223 e. The Kier molecular flexibility index (Phi) is 5.65. The van der Waals surface area contributed by atoms with Crippen molar-refractivity contribution in [2.45, 2.75) is 37.0 Å². The zero-order valence-electron chi connectivity index (χ0n) is 12.9. The van der Waals surface area contributed by atoms with E-state index in [4.69, 9.17) is 23.2 Å². The van der Waals surface area contributed by atoms with E-state index in [0.717, 1.165) is 18.0 Å². The van der Waals surface area contributed by atoms with Crippen LogP contribution in [-0.4, -0.2) is 34.8 Å². The fraction of sp³-hybridized carbons (Fsp3) is 0.588. The third-order valence-corrected chi connectivity index (χ3v) is 6.40. The van der Waals surface area contributed by atoms with Crippen molar-refractivity contribution in [2.24, 2.45) is 11.8 Å². The maximum Gasteiger partial charge on any atom is 0.223 e. The summed E-state index contributed by atoms with van der Waals surface area (Å²) in [6.45, 7) is 1.88. The second-order valence-electron chi connectivity index (χ2n) is 6.52. The van der Waals surface area contributed by atoms with Gasteiger partial charge in [-0.15, -0.1) is 11.8 Å². The highest BCUT2D eigenvalue weighted by Crippen LogP contribution is 2.37. The molecule has 2 heterocycles. The number of carbonyl (C=O) groups is 1. The van der Waals surface area contributed by atoms with Gasteiger partial charge in [-0.1, -0.05) is 23.2 Å². The first-order valence-corrected chi connectivity index (χ1v) is 9.85. The van der Waals surface area contributed by atoms with Gasteiger partial charge in [0.25, 0.3) is 0 Å². The maximum absolute atomic E-state index is 12.5. The van der Waals surface area contributed by atoms with E-state index >= 15 is 0 Å². The van der Waals surface area contributed by atoms with Gasteiger partial charge in [0.2, 0.25) is 5.91 Å². The lowest BCUT2D eigenvalue weighted by atomic mass is 9.84. The summed E-state index contributed by atoms with van der Waals surface area (Å²) in [5, 5.41) is 10.1. The first kappa shape index (κ1) is 17.2. The molecule has 1 aliphatic carbocycles. The van der Waals surface area contributed by atoms with E-state index in [0.29, 0.717) is 24.0 Å². The highest BCUT2D eigenvalue weighted by atomic mass is 35.5. The van der Waals surface area contributed by atoms with Gasteiger partial charge in [0.1, 0.15) is 0 Å². The minimum Gasteiger partial charge on any atom is -0.505 e. The molecule has 3 nitrogen and oxygen atoms in total. The van der Waals surface area contributed by atoms with Crippen LogP contribution in [0.1, 0.15) is 32.1 Å². The summed E-state index contributed by atoms with van der Waals surface area (Å²) in [5.74, 6) is 2.28. The van der Waals surface area contributed by atoms with Gasteiger partial charge >= 0.3 is 0 Å². The van der Waals surface area contributed by atoms with E-state index < -0.39 is 0 Å². The predicted octanol–water partition coefficient (Wildman–Crippen LogP) is 4.83. The quantitative estimate of drug-likeness (QED) is 0.768. The van der Waals surface area contributed by atoms with Gasteiger partial charge in [-0.05, 0) is 49.7 Å². The Morgan fingerprint density at radius 3 is 2.17 bits per heavy atom. The molecule has 4 rings (SSSR count). The maximum atomic E-state index is 12.5. The molecule has 1 amide bonds. The van der Waals surface area contributed by atoms with Crippen LogP contribution in [-0.2, 0) is 4.79 Å². The van der Waals surface area contributed by atoms with Gasteiger partial charge in [0.15, 0.2) is 5.75 Å². The average Bonchev–Trinajstić information content (AvgIpc) is 2.86. The molecule has 0 radical (unpaired) electrons. The zero-order valence-corrected chi connectivity index (χ0v) is 15.3. The summed E-state index contributed by atoms with van der Waals surface area (Å²) in [4.78, 5) is 15.4. The van der Waals surface area contributed by atoms with Gasteiger partial charge in [-0.25, -0.2) is 0 Å². The molecule has 0 unspecified atom stereocenters. The van der Waals surface area contributed by atoms with Crippen molar-refractivity contribution in [3.05, 3.63) is 22.2 Å². The number of phenols is 1. The fourth-order valence-corrected chi connectivity index (χ4v) is 5.07. The highest BCUT2D eigenvalue weighted by molar-refractivity contribution is 7.99. The third kappa shape index (κ3) is 4.28. The molecular weight excluding hydrogens is 353 g/mol. The number of hydrogen-bond acceptors (Lipinski definition) is 3. The molecule has 0 aromatic heterocycles. The molecule has 1 aromatic rings. The first-order chi connectivity index (χ1) is 11.0. The molecule has 1 aromatic carbocycles. The van der Waals surface area contributed by atoms with Crippen molar-refractivity contribution < 1.29 is 9.90 Å². The predicted molar refractivity (Wildman–Crippen MR) is 95.5 cm³/mol. The summed E-state index contributed by atoms with van der Waals surface area (Å²) >= 11 is 13.4. The lowest BCUT2D eigenvalue weighted by Gasteiger charge is -2.22. The van der Waals surface area contributed by atoms with Crippen molar-refractivity contribution in [1.82, 2.24) is 4.90 Å². The van der Waals surface area contributed by atoms with Gasteiger partial charge in [0, 0.05) is 30.2 Å². The third-order valence-electron chi connectivity index (χ3n) is 4.85. The number of halogens is 2. The van der Waals surface area contributed by atoms with Crippen LogP contribution < -0.4 is 0 Å². The summed E-state index contributed by atoms with van der Waals surface area (Å²) in [6.07, 6.45) is 5.67. The summed E-state index contributed by atoms with van der Waals surface area (Å²) in [5.41, 5.74) is 0. The Balaban J connectivity index is 1.51. The number of aromatic hydroxyl groups is 1. The number of amides is 1. The standard InChI is InChI=1S/C17H21Cl2NO2S/c18-14-7-13(8-15(19)17(14)22)23-6-5-16(21)20-9-11-1-2-12(10-20)4-3-11/h7-8,11-12,22H,1-6,9-10H2. The van der Waals surface area contributed by atoms with E-state index in [1.54, 1.807) is 23.9 Å². The molecule has 0 spiro atoms. The minimum absolute atomic E-state index is 0.0891. The number of hydrogen-bond donors (Lipinski definition) is 1. The second-order valence-corrected chi connectivity index (χ2v) is 8.50. The van der Waals surface area contributed by atoms with Gasteiger partial charge in [-0.2, -0.15) is 0 Å². The molecule has 1 N–H and O–H groups in total. The van der Waals surface area contributed by atoms with Gasteiger partial charge in [0.05, 0.1) is 10.0 Å². The Bertz CT molecular complexity index is 551. The van der Waals surface area contributed by atoms with Crippen LogP contribution in [0.3, 0.4) is 0 Å². The van der Waals surface area contributed by atoms with Crippen molar-refractivity contribution in [3.63, 3.8) is 0 Å². The molecular formula is C17H21Cl2NO2S. The minimum atomic E-state index is -0.0891. The van der Waals surface area contributed by atoms with Gasteiger partial charge < -0.3 is 10.0 Å². The van der Waals surface area contributed by atoms with Crippen molar-refractivity contribution in [2.75, 3.05) is 18.8 Å². The van der Waals surface area contributed by atoms with Crippen LogP contribution in [0.2, 0.25) is 10.0 Å². The molecule has 2 bridgehead atoms. The normalized spacial score (nSPS) is 23.8. The summed E-state index contributed by atoms with van der Waals surface area (Å²) < 4.78 is 0. The Hall–Kier alpha value is -0.580. The first-order valence-electron chi connectivity index (χ1n) is 8.11. The molecule has 2 aliphatic heterocycles. The van der Waals surface area contributed by atoms with E-state index in [9.17, 15) is 9.90 Å². The average molecular weight is 374 g/mol. The molecule has 1 saturated carbocycles. The summed E-state index contributed by atoms with van der Waals surface area (Å²) in [7, 11) is 0. The lowest BCUT2D eigenvalue weighted by Crippen LogP contribution is -2.34. The monoisotopic (exact) mass is 373 g/mol. The van der Waals surface area contributed by atoms with Crippen LogP contribution in [0.4, 0.5) is 0 Å². The molecule has 3 aliphatic rings. The Morgan fingerprint density at radius 2 is 1.65 bits per heavy atom. The zero-order chi connectivity index (χ0) is 16.4. The lowest BCUT2D eigenvalue weighted by molar-refractivity contribution is -0.131. The molecule has 3 fully saturated rings. The molecule has 126 valence electrons. The highest BCUT2D eigenvalue weighted by Gasteiger charge is 2.31. The largest absolute Gasteiger partial charge is 0.505 e. The van der Waals surface area contributed by atoms with Crippen LogP contribution in [0, 0.1) is 11.8 Å². The van der Waals surface area contributed by atoms with Crippen LogP contribution >= 0.6 is 35.0 Å². The van der Waals surface area contributed by atoms with Crippen LogP contribution in [0.5, 0.6) is 5.75 Å². The number of carbonyl (C=O) groups excluding carboxylic acids is 1. The fourth-order valence-electron chi connectivity index (χ4n) is 3.54. The Morgan fingerprint density at radius 1 is 1.13 bits per heavy atom. The molecule has 2 saturated heterocycles. The van der Waals surface area contributed by atoms with E-state index in [1.165, 1.54) is 25.7 Å². The topological polar surface area (TPSA) is 40.5 Å². The number of nitrogens with zero attached hydrogens (tertiary/aromatic N) is 1. The molecule has 23 heavy (non-hydrogen) atoms. The second kappa shape index (κ2) is 7.54. The number of rotatable bonds is 4. The number of benzene rings is 1. The number of phenolic OH excluding ortho intramolecular Hbond substituents is 1. The van der Waals surface area contributed by atoms with E-state index in [1.807, 2.05) is 0 Å². The van der Waals surface area contributed by atoms with Crippen LogP contribution in [0.25, 0.3) is 0 Å². The van der Waals surface area contributed by atoms with Crippen molar-refractivity contribution in [1.29, 1.82) is 0 Å². The van der Waals surface area contributed by atoms with Crippen molar-refractivity contribution in [3.8, 4) is 5.75 Å². The number of thioether (sulfide) groups is 1. The van der Waals surface area contributed by atoms with Gasteiger partial charge in [-0.3, -0.25) is 4.79 Å². The molecule has 6 heteroatoms. The van der Waals surface area contributed by atoms with E-state index in [-0.39, 0.29) is 21.7 Å². The van der Waals surface area contributed by atoms with Crippen molar-refractivity contribution >= 4 is 40.9 Å². The van der Waals surface area contributed by atoms with E-state index in [2.05, 4.69) is 4.90 Å². The van der Waals surface area contributed by atoms with Crippen LogP contribution in [0.15, 0.2) is 17.0 Å². The Labute approximate surface area is 151 Å². The summed E-state index contributed by atoms with van der Waals surface area (Å²) in [6, 6.07) is 3.37. The number of fused-ring (bicyclic) bond motifs is 4.